The summed E-state index contributed by atoms with van der Waals surface area (Å²) in [4.78, 5) is 19.9. The minimum atomic E-state index is -0.250. The van der Waals surface area contributed by atoms with Crippen LogP contribution in [-0.2, 0) is 17.9 Å². The maximum atomic E-state index is 11.6. The van der Waals surface area contributed by atoms with E-state index in [-0.39, 0.29) is 12.4 Å². The molecule has 0 spiro atoms. The van der Waals surface area contributed by atoms with E-state index in [0.717, 1.165) is 17.7 Å². The Labute approximate surface area is 118 Å². The zero-order valence-electron chi connectivity index (χ0n) is 11.6. The van der Waals surface area contributed by atoms with Gasteiger partial charge in [-0.2, -0.15) is 0 Å². The average molecular weight is 276 g/mol. The third-order valence-corrected chi connectivity index (χ3v) is 4.03. The van der Waals surface area contributed by atoms with Gasteiger partial charge in [-0.1, -0.05) is 12.1 Å². The first-order valence-electron chi connectivity index (χ1n) is 6.81. The van der Waals surface area contributed by atoms with Gasteiger partial charge in [0.25, 0.3) is 12.4 Å². The summed E-state index contributed by atoms with van der Waals surface area (Å²) >= 11 is 0. The molecule has 1 aliphatic carbocycles. The number of benzene rings is 1. The van der Waals surface area contributed by atoms with E-state index in [2.05, 4.69) is 29.7 Å². The number of carbonyl (C=O) groups excluding carboxylic acids is 1. The number of rotatable bonds is 3. The van der Waals surface area contributed by atoms with Crippen molar-refractivity contribution in [1.29, 1.82) is 0 Å². The van der Waals surface area contributed by atoms with Crippen molar-refractivity contribution in [3.8, 4) is 0 Å². The molecular formula is C15H20N2O3. The lowest BCUT2D eigenvalue weighted by atomic mass is 9.78. The molecule has 0 saturated heterocycles. The first-order valence-corrected chi connectivity index (χ1v) is 6.81. The van der Waals surface area contributed by atoms with Crippen LogP contribution in [0.3, 0.4) is 0 Å². The molecule has 0 aromatic heterocycles. The molecule has 20 heavy (non-hydrogen) atoms. The monoisotopic (exact) mass is 276 g/mol. The van der Waals surface area contributed by atoms with Gasteiger partial charge in [0.2, 0.25) is 0 Å². The molecule has 0 bridgehead atoms. The van der Waals surface area contributed by atoms with Crippen LogP contribution in [0.1, 0.15) is 47.7 Å². The van der Waals surface area contributed by atoms with Gasteiger partial charge in [-0.15, -0.1) is 0 Å². The Bertz CT molecular complexity index is 510. The topological polar surface area (TPSA) is 78.4 Å². The van der Waals surface area contributed by atoms with Gasteiger partial charge in [-0.05, 0) is 43.4 Å². The third-order valence-electron chi connectivity index (χ3n) is 4.03. The highest BCUT2D eigenvalue weighted by atomic mass is 16.3. The molecule has 1 aromatic rings. The molecule has 1 amide bonds. The number of amides is 1. The van der Waals surface area contributed by atoms with E-state index >= 15 is 0 Å². The van der Waals surface area contributed by atoms with Crippen LogP contribution >= 0.6 is 0 Å². The van der Waals surface area contributed by atoms with E-state index in [0.29, 0.717) is 12.1 Å². The number of hydrogen-bond donors (Lipinski definition) is 3. The lowest BCUT2D eigenvalue weighted by molar-refractivity contribution is -0.122. The highest BCUT2D eigenvalue weighted by molar-refractivity contribution is 5.98. The Morgan fingerprint density at radius 3 is 2.75 bits per heavy atom. The van der Waals surface area contributed by atoms with Gasteiger partial charge in [0.1, 0.15) is 0 Å². The highest BCUT2D eigenvalue weighted by Gasteiger charge is 2.30. The predicted octanol–water partition coefficient (Wildman–Crippen LogP) is 1.66. The predicted molar refractivity (Wildman–Crippen MR) is 75.4 cm³/mol. The standard InChI is InChI=1S/C14H18N2O.CH2O2/c1-14(5-2-6-14)16-8-10-3-4-11-9-15-13(17)12(11)7-10;2-1-3/h3-4,7,16H,2,5-6,8-9H2,1H3,(H,15,17);1H,(H,2,3). The van der Waals surface area contributed by atoms with Crippen LogP contribution in [0.15, 0.2) is 18.2 Å². The second-order valence-corrected chi connectivity index (χ2v) is 5.55. The Morgan fingerprint density at radius 1 is 1.45 bits per heavy atom. The maximum Gasteiger partial charge on any atom is 0.290 e. The van der Waals surface area contributed by atoms with Crippen molar-refractivity contribution < 1.29 is 14.7 Å². The summed E-state index contributed by atoms with van der Waals surface area (Å²) in [5.74, 6) is 0.0664. The number of fused-ring (bicyclic) bond motifs is 1. The van der Waals surface area contributed by atoms with Gasteiger partial charge >= 0.3 is 0 Å². The van der Waals surface area contributed by atoms with Gasteiger partial charge < -0.3 is 15.7 Å². The van der Waals surface area contributed by atoms with Crippen molar-refractivity contribution in [2.24, 2.45) is 0 Å². The largest absolute Gasteiger partial charge is 0.483 e. The fourth-order valence-corrected chi connectivity index (χ4v) is 2.57. The van der Waals surface area contributed by atoms with Crippen molar-refractivity contribution in [2.75, 3.05) is 0 Å². The van der Waals surface area contributed by atoms with Crippen LogP contribution < -0.4 is 10.6 Å². The Kier molecular flexibility index (Phi) is 4.39. The lowest BCUT2D eigenvalue weighted by Gasteiger charge is -2.39. The van der Waals surface area contributed by atoms with Crippen molar-refractivity contribution in [3.05, 3.63) is 34.9 Å². The summed E-state index contributed by atoms with van der Waals surface area (Å²) in [5.41, 5.74) is 3.49. The summed E-state index contributed by atoms with van der Waals surface area (Å²) in [6, 6.07) is 6.20. The molecule has 1 heterocycles. The first-order chi connectivity index (χ1) is 9.58. The molecule has 1 fully saturated rings. The molecule has 1 aromatic carbocycles. The zero-order chi connectivity index (χ0) is 14.6. The molecule has 5 heteroatoms. The van der Waals surface area contributed by atoms with Gasteiger partial charge in [-0.25, -0.2) is 0 Å². The average Bonchev–Trinajstić information content (AvgIpc) is 2.77. The van der Waals surface area contributed by atoms with Gasteiger partial charge in [0, 0.05) is 24.2 Å². The lowest BCUT2D eigenvalue weighted by Crippen LogP contribution is -2.47. The summed E-state index contributed by atoms with van der Waals surface area (Å²) in [6.45, 7) is 3.56. The van der Waals surface area contributed by atoms with Gasteiger partial charge in [-0.3, -0.25) is 9.59 Å². The van der Waals surface area contributed by atoms with E-state index in [1.807, 2.05) is 6.07 Å². The van der Waals surface area contributed by atoms with Crippen molar-refractivity contribution >= 4 is 12.4 Å². The van der Waals surface area contributed by atoms with E-state index in [9.17, 15) is 4.79 Å². The molecular weight excluding hydrogens is 256 g/mol. The Hall–Kier alpha value is -1.88. The third kappa shape index (κ3) is 3.17. The molecule has 2 aliphatic rings. The highest BCUT2D eigenvalue weighted by Crippen LogP contribution is 2.31. The smallest absolute Gasteiger partial charge is 0.290 e. The van der Waals surface area contributed by atoms with Gasteiger partial charge in [0.05, 0.1) is 0 Å². The van der Waals surface area contributed by atoms with Crippen LogP contribution in [0.5, 0.6) is 0 Å². The van der Waals surface area contributed by atoms with E-state index in [4.69, 9.17) is 9.90 Å². The van der Waals surface area contributed by atoms with E-state index < -0.39 is 0 Å². The Morgan fingerprint density at radius 2 is 2.15 bits per heavy atom. The van der Waals surface area contributed by atoms with Gasteiger partial charge in [0.15, 0.2) is 0 Å². The number of hydrogen-bond acceptors (Lipinski definition) is 3. The van der Waals surface area contributed by atoms with Crippen LogP contribution in [0.4, 0.5) is 0 Å². The minimum absolute atomic E-state index is 0.0664. The molecule has 108 valence electrons. The number of carbonyl (C=O) groups is 2. The van der Waals surface area contributed by atoms with E-state index in [1.54, 1.807) is 0 Å². The first kappa shape index (κ1) is 14.5. The maximum absolute atomic E-state index is 11.6. The molecule has 3 N–H and O–H groups in total. The summed E-state index contributed by atoms with van der Waals surface area (Å²) in [5, 5.41) is 13.3. The molecule has 3 rings (SSSR count). The van der Waals surface area contributed by atoms with Crippen molar-refractivity contribution in [2.45, 2.75) is 44.8 Å². The molecule has 1 aliphatic heterocycles. The zero-order valence-corrected chi connectivity index (χ0v) is 11.6. The van der Waals surface area contributed by atoms with Crippen molar-refractivity contribution in [1.82, 2.24) is 10.6 Å². The van der Waals surface area contributed by atoms with Crippen LogP contribution in [0.25, 0.3) is 0 Å². The van der Waals surface area contributed by atoms with Crippen molar-refractivity contribution in [3.63, 3.8) is 0 Å². The Balaban J connectivity index is 0.000000452. The SMILES string of the molecule is CC1(NCc2ccc3c(c2)C(=O)NC3)CCC1.O=CO. The molecule has 0 unspecified atom stereocenters. The second kappa shape index (κ2) is 6.05. The molecule has 1 saturated carbocycles. The molecule has 5 nitrogen and oxygen atoms in total. The summed E-state index contributed by atoms with van der Waals surface area (Å²) < 4.78 is 0. The fourth-order valence-electron chi connectivity index (χ4n) is 2.57. The quantitative estimate of drug-likeness (QED) is 0.734. The second-order valence-electron chi connectivity index (χ2n) is 5.55. The normalized spacial score (nSPS) is 18.1. The molecule has 0 radical (unpaired) electrons. The van der Waals surface area contributed by atoms with E-state index in [1.165, 1.54) is 24.8 Å². The molecule has 0 atom stereocenters. The van der Waals surface area contributed by atoms with Crippen LogP contribution in [0.2, 0.25) is 0 Å². The number of carboxylic acid groups (broad SMARTS) is 1. The van der Waals surface area contributed by atoms with Crippen LogP contribution in [-0.4, -0.2) is 23.0 Å². The minimum Gasteiger partial charge on any atom is -0.483 e. The van der Waals surface area contributed by atoms with Crippen LogP contribution in [0, 0.1) is 0 Å². The fraction of sp³-hybridized carbons (Fsp3) is 0.467. The summed E-state index contributed by atoms with van der Waals surface area (Å²) in [7, 11) is 0. The number of nitrogens with one attached hydrogen (secondary N) is 2. The summed E-state index contributed by atoms with van der Waals surface area (Å²) in [6.07, 6.45) is 3.85.